The molecule has 0 bridgehead atoms. The quantitative estimate of drug-likeness (QED) is 0.651. The molecular formula is C13H28O2. The predicted octanol–water partition coefficient (Wildman–Crippen LogP) is 4.04. The van der Waals surface area contributed by atoms with Crippen LogP contribution in [0.5, 0.6) is 0 Å². The van der Waals surface area contributed by atoms with E-state index in [1.54, 1.807) is 0 Å². The second-order valence-electron chi connectivity index (χ2n) is 5.82. The third-order valence-corrected chi connectivity index (χ3v) is 1.42. The minimum atomic E-state index is -0.213. The number of hydrogen-bond acceptors (Lipinski definition) is 2. The lowest BCUT2D eigenvalue weighted by Gasteiger charge is -2.19. The minimum absolute atomic E-state index is 0.0255. The first-order valence-electron chi connectivity index (χ1n) is 5.72. The van der Waals surface area contributed by atoms with E-state index in [4.69, 9.17) is 0 Å². The van der Waals surface area contributed by atoms with Crippen LogP contribution >= 0.6 is 0 Å². The van der Waals surface area contributed by atoms with Gasteiger partial charge in [-0.25, -0.2) is 0 Å². The average molecular weight is 216 g/mol. The molecule has 0 aromatic rings. The third-order valence-electron chi connectivity index (χ3n) is 1.42. The minimum Gasteiger partial charge on any atom is -0.463 e. The fraction of sp³-hybridized carbons (Fsp3) is 0.923. The molecule has 0 saturated heterocycles. The van der Waals surface area contributed by atoms with E-state index in [2.05, 4.69) is 39.4 Å². The third kappa shape index (κ3) is 24.7. The van der Waals surface area contributed by atoms with Gasteiger partial charge in [-0.1, -0.05) is 34.6 Å². The van der Waals surface area contributed by atoms with Gasteiger partial charge in [0.2, 0.25) is 0 Å². The van der Waals surface area contributed by atoms with Gasteiger partial charge in [-0.3, -0.25) is 4.79 Å². The van der Waals surface area contributed by atoms with Crippen LogP contribution in [0.2, 0.25) is 0 Å². The Morgan fingerprint density at radius 2 is 1.53 bits per heavy atom. The van der Waals surface area contributed by atoms with E-state index in [9.17, 15) is 4.79 Å². The Morgan fingerprint density at radius 1 is 1.13 bits per heavy atom. The molecule has 0 heterocycles. The largest absolute Gasteiger partial charge is 0.463 e. The number of hydrogen-bond donors (Lipinski definition) is 0. The van der Waals surface area contributed by atoms with Crippen molar-refractivity contribution in [1.82, 2.24) is 0 Å². The molecule has 0 saturated carbocycles. The second-order valence-corrected chi connectivity index (χ2v) is 5.82. The highest BCUT2D eigenvalue weighted by atomic mass is 16.5. The van der Waals surface area contributed by atoms with Crippen LogP contribution in [0.25, 0.3) is 0 Å². The maximum absolute atomic E-state index is 10.0. The molecule has 2 nitrogen and oxygen atoms in total. The molecule has 0 N–H and O–H groups in total. The van der Waals surface area contributed by atoms with Crippen molar-refractivity contribution in [3.05, 3.63) is 0 Å². The highest BCUT2D eigenvalue weighted by molar-refractivity contribution is 5.66. The first kappa shape index (κ1) is 16.9. The van der Waals surface area contributed by atoms with Gasteiger partial charge < -0.3 is 4.74 Å². The molecule has 0 aliphatic rings. The van der Waals surface area contributed by atoms with Crippen LogP contribution in [0.3, 0.4) is 0 Å². The summed E-state index contributed by atoms with van der Waals surface area (Å²) in [5.74, 6) is 0.630. The summed E-state index contributed by atoms with van der Waals surface area (Å²) in [6, 6.07) is 0. The lowest BCUT2D eigenvalue weighted by atomic mass is 9.86. The van der Waals surface area contributed by atoms with Crippen molar-refractivity contribution in [2.45, 2.75) is 67.9 Å². The zero-order valence-electron chi connectivity index (χ0n) is 11.7. The standard InChI is InChI=1S/C8H18.C5H10O2/c1-7(2)6-8(3,4)5;1-4(2)7-5(3)6/h7H,6H2,1-5H3;4H,1-3H3. The van der Waals surface area contributed by atoms with Gasteiger partial charge in [0.1, 0.15) is 0 Å². The second kappa shape index (κ2) is 7.72. The van der Waals surface area contributed by atoms with E-state index in [0.717, 1.165) is 5.92 Å². The fourth-order valence-electron chi connectivity index (χ4n) is 1.56. The van der Waals surface area contributed by atoms with E-state index >= 15 is 0 Å². The summed E-state index contributed by atoms with van der Waals surface area (Å²) >= 11 is 0. The Bertz CT molecular complexity index is 164. The summed E-state index contributed by atoms with van der Waals surface area (Å²) in [4.78, 5) is 10.0. The molecule has 0 aliphatic carbocycles. The van der Waals surface area contributed by atoms with Crippen LogP contribution in [0.4, 0.5) is 0 Å². The molecule has 2 heteroatoms. The number of esters is 1. The van der Waals surface area contributed by atoms with Gasteiger partial charge in [-0.05, 0) is 31.6 Å². The van der Waals surface area contributed by atoms with Gasteiger partial charge in [-0.15, -0.1) is 0 Å². The summed E-state index contributed by atoms with van der Waals surface area (Å²) < 4.78 is 4.61. The van der Waals surface area contributed by atoms with E-state index in [1.807, 2.05) is 13.8 Å². The Labute approximate surface area is 95.4 Å². The SMILES string of the molecule is CC(=O)OC(C)C.CC(C)CC(C)(C)C. The number of carbonyl (C=O) groups is 1. The fourth-order valence-corrected chi connectivity index (χ4v) is 1.56. The summed E-state index contributed by atoms with van der Waals surface area (Å²) in [5.41, 5.74) is 0.522. The van der Waals surface area contributed by atoms with Gasteiger partial charge in [0, 0.05) is 6.92 Å². The van der Waals surface area contributed by atoms with Crippen LogP contribution in [-0.4, -0.2) is 12.1 Å². The molecule has 0 radical (unpaired) electrons. The van der Waals surface area contributed by atoms with E-state index in [1.165, 1.54) is 13.3 Å². The molecule has 0 aromatic heterocycles. The molecule has 0 fully saturated rings. The van der Waals surface area contributed by atoms with Crippen molar-refractivity contribution in [3.8, 4) is 0 Å². The maximum atomic E-state index is 10.0. The summed E-state index contributed by atoms with van der Waals surface area (Å²) in [7, 11) is 0. The van der Waals surface area contributed by atoms with E-state index in [0.29, 0.717) is 5.41 Å². The number of carbonyl (C=O) groups excluding carboxylic acids is 1. The Kier molecular flexibility index (Phi) is 8.69. The van der Waals surface area contributed by atoms with Crippen molar-refractivity contribution in [1.29, 1.82) is 0 Å². The molecule has 0 spiro atoms. The summed E-state index contributed by atoms with van der Waals surface area (Å²) in [5, 5.41) is 0. The van der Waals surface area contributed by atoms with Crippen LogP contribution in [0.1, 0.15) is 61.8 Å². The highest BCUT2D eigenvalue weighted by Crippen LogP contribution is 2.23. The van der Waals surface area contributed by atoms with Crippen molar-refractivity contribution in [2.24, 2.45) is 11.3 Å². The smallest absolute Gasteiger partial charge is 0.302 e. The predicted molar refractivity (Wildman–Crippen MR) is 65.8 cm³/mol. The Balaban J connectivity index is 0. The summed E-state index contributed by atoms with van der Waals surface area (Å²) in [6.07, 6.45) is 1.35. The van der Waals surface area contributed by atoms with Gasteiger partial charge in [0.25, 0.3) is 0 Å². The molecule has 15 heavy (non-hydrogen) atoms. The highest BCUT2D eigenvalue weighted by Gasteiger charge is 2.11. The van der Waals surface area contributed by atoms with Gasteiger partial charge in [0.15, 0.2) is 0 Å². The van der Waals surface area contributed by atoms with Crippen LogP contribution < -0.4 is 0 Å². The molecule has 0 atom stereocenters. The molecule has 0 aromatic carbocycles. The monoisotopic (exact) mass is 216 g/mol. The lowest BCUT2D eigenvalue weighted by molar-refractivity contribution is -0.144. The first-order valence-corrected chi connectivity index (χ1v) is 5.72. The average Bonchev–Trinajstić information content (AvgIpc) is 1.76. The van der Waals surface area contributed by atoms with Crippen LogP contribution in [-0.2, 0) is 9.53 Å². The van der Waals surface area contributed by atoms with Gasteiger partial charge in [0.05, 0.1) is 6.10 Å². The zero-order valence-corrected chi connectivity index (χ0v) is 11.7. The summed E-state index contributed by atoms with van der Waals surface area (Å²) in [6.45, 7) is 16.4. The Morgan fingerprint density at radius 3 is 1.53 bits per heavy atom. The molecule has 0 rings (SSSR count). The number of ether oxygens (including phenoxy) is 1. The first-order chi connectivity index (χ1) is 6.54. The topological polar surface area (TPSA) is 26.3 Å². The van der Waals surface area contributed by atoms with Crippen molar-refractivity contribution >= 4 is 5.97 Å². The zero-order chi connectivity index (χ0) is 12.6. The number of rotatable bonds is 2. The molecule has 92 valence electrons. The van der Waals surface area contributed by atoms with E-state index in [-0.39, 0.29) is 12.1 Å². The normalized spacial score (nSPS) is 11.1. The van der Waals surface area contributed by atoms with E-state index < -0.39 is 0 Å². The maximum Gasteiger partial charge on any atom is 0.302 e. The molecular weight excluding hydrogens is 188 g/mol. The van der Waals surface area contributed by atoms with Crippen molar-refractivity contribution < 1.29 is 9.53 Å². The van der Waals surface area contributed by atoms with Gasteiger partial charge >= 0.3 is 5.97 Å². The Hall–Kier alpha value is -0.530. The van der Waals surface area contributed by atoms with Crippen molar-refractivity contribution in [3.63, 3.8) is 0 Å². The lowest BCUT2D eigenvalue weighted by Crippen LogP contribution is -2.08. The van der Waals surface area contributed by atoms with Gasteiger partial charge in [-0.2, -0.15) is 0 Å². The molecule has 0 aliphatic heterocycles. The van der Waals surface area contributed by atoms with Crippen LogP contribution in [0.15, 0.2) is 0 Å². The van der Waals surface area contributed by atoms with Crippen molar-refractivity contribution in [2.75, 3.05) is 0 Å². The molecule has 0 amide bonds. The molecule has 0 unspecified atom stereocenters. The van der Waals surface area contributed by atoms with Crippen LogP contribution in [0, 0.1) is 11.3 Å².